The molecule has 2 aliphatic heterocycles. The number of alkyl halides is 2. The van der Waals surface area contributed by atoms with E-state index in [1.54, 1.807) is 36.1 Å². The lowest BCUT2D eigenvalue weighted by atomic mass is 9.92. The van der Waals surface area contributed by atoms with Crippen LogP contribution in [0.15, 0.2) is 101 Å². The number of nitrogens with zero attached hydrogens (tertiary/aromatic N) is 7. The summed E-state index contributed by atoms with van der Waals surface area (Å²) in [4.78, 5) is 19.5. The van der Waals surface area contributed by atoms with Crippen molar-refractivity contribution < 1.29 is 21.6 Å². The summed E-state index contributed by atoms with van der Waals surface area (Å²) in [6.07, 6.45) is 7.68. The SMILES string of the molecule is O=S(=O)(N[C@H]1CC2=C(c3ccn(C(F)F)n3)[C@H](c3ccc(F)cc3Cl)N=C(c3nccs3)N2C1)c1ccc(-c2cccnc2)cn1. The number of amidine groups is 1. The summed E-state index contributed by atoms with van der Waals surface area (Å²) >= 11 is 7.84. The lowest BCUT2D eigenvalue weighted by Gasteiger charge is -2.32. The van der Waals surface area contributed by atoms with E-state index >= 15 is 0 Å². The van der Waals surface area contributed by atoms with Crippen LogP contribution < -0.4 is 4.72 Å². The first-order valence-corrected chi connectivity index (χ1v) is 16.6. The highest BCUT2D eigenvalue weighted by molar-refractivity contribution is 7.89. The minimum absolute atomic E-state index is 0.0862. The number of aromatic nitrogens is 5. The highest BCUT2D eigenvalue weighted by Gasteiger charge is 2.42. The fourth-order valence-corrected chi connectivity index (χ4v) is 7.62. The Bertz CT molecular complexity index is 2070. The van der Waals surface area contributed by atoms with Gasteiger partial charge in [-0.3, -0.25) is 9.98 Å². The van der Waals surface area contributed by atoms with E-state index in [0.29, 0.717) is 37.9 Å². The number of halogens is 4. The van der Waals surface area contributed by atoms with E-state index in [2.05, 4.69) is 24.8 Å². The third-order valence-electron chi connectivity index (χ3n) is 7.55. The number of nitrogens with one attached hydrogen (secondary N) is 1. The number of sulfonamides is 1. The molecule has 1 saturated heterocycles. The van der Waals surface area contributed by atoms with Gasteiger partial charge < -0.3 is 4.90 Å². The number of thiazole rings is 1. The topological polar surface area (TPSA) is 118 Å². The largest absolute Gasteiger partial charge is 0.333 e. The predicted molar refractivity (Wildman–Crippen MR) is 166 cm³/mol. The molecule has 1 N–H and O–H groups in total. The van der Waals surface area contributed by atoms with E-state index in [0.717, 1.165) is 17.8 Å². The maximum atomic E-state index is 14.1. The molecular weight excluding hydrogens is 661 g/mol. The van der Waals surface area contributed by atoms with Gasteiger partial charge in [-0.05, 0) is 36.4 Å². The van der Waals surface area contributed by atoms with Gasteiger partial charge in [-0.15, -0.1) is 11.3 Å². The Morgan fingerprint density at radius 3 is 2.57 bits per heavy atom. The van der Waals surface area contributed by atoms with Gasteiger partial charge in [0.15, 0.2) is 15.9 Å². The zero-order valence-corrected chi connectivity index (χ0v) is 25.9. The van der Waals surface area contributed by atoms with Gasteiger partial charge in [-0.1, -0.05) is 23.7 Å². The van der Waals surface area contributed by atoms with Gasteiger partial charge in [0.1, 0.15) is 11.9 Å². The monoisotopic (exact) mass is 682 g/mol. The van der Waals surface area contributed by atoms with E-state index in [9.17, 15) is 21.6 Å². The van der Waals surface area contributed by atoms with Crippen molar-refractivity contribution in [1.82, 2.24) is 34.4 Å². The number of aliphatic imine (C=N–C) groups is 1. The van der Waals surface area contributed by atoms with Crippen LogP contribution in [0.3, 0.4) is 0 Å². The Kier molecular flexibility index (Phi) is 7.92. The molecule has 7 rings (SSSR count). The second-order valence-corrected chi connectivity index (χ2v) is 13.4. The molecule has 0 saturated carbocycles. The van der Waals surface area contributed by atoms with Crippen LogP contribution in [0.25, 0.3) is 16.7 Å². The van der Waals surface area contributed by atoms with E-state index < -0.39 is 34.5 Å². The molecule has 1 aromatic carbocycles. The Labute approximate surface area is 270 Å². The van der Waals surface area contributed by atoms with E-state index in [4.69, 9.17) is 16.6 Å². The Balaban J connectivity index is 1.29. The van der Waals surface area contributed by atoms with Crippen LogP contribution >= 0.6 is 22.9 Å². The summed E-state index contributed by atoms with van der Waals surface area (Å²) in [6.45, 7) is -2.73. The normalized spacial score (nSPS) is 18.3. The summed E-state index contributed by atoms with van der Waals surface area (Å²) in [5.41, 5.74) is 3.15. The number of hydrogen-bond acceptors (Lipinski definition) is 9. The van der Waals surface area contributed by atoms with E-state index in [-0.39, 0.29) is 28.7 Å². The van der Waals surface area contributed by atoms with Crippen LogP contribution in [0.5, 0.6) is 0 Å². The molecule has 234 valence electrons. The molecule has 0 unspecified atom stereocenters. The van der Waals surface area contributed by atoms with Gasteiger partial charge in [0, 0.05) is 88.4 Å². The molecule has 0 bridgehead atoms. The van der Waals surface area contributed by atoms with E-state index in [1.807, 2.05) is 11.0 Å². The number of hydrogen-bond donors (Lipinski definition) is 1. The Morgan fingerprint density at radius 1 is 1.04 bits per heavy atom. The van der Waals surface area contributed by atoms with Crippen molar-refractivity contribution >= 4 is 44.4 Å². The van der Waals surface area contributed by atoms with Crippen molar-refractivity contribution in [3.63, 3.8) is 0 Å². The van der Waals surface area contributed by atoms with Crippen LogP contribution in [0.2, 0.25) is 5.02 Å². The predicted octanol–water partition coefficient (Wildman–Crippen LogP) is 5.95. The van der Waals surface area contributed by atoms with Crippen LogP contribution in [-0.2, 0) is 10.0 Å². The second kappa shape index (κ2) is 12.1. The minimum Gasteiger partial charge on any atom is -0.326 e. The molecule has 10 nitrogen and oxygen atoms in total. The molecule has 5 aromatic rings. The standard InChI is InChI=1S/C30H22ClF3N8O2S2/c31-22-12-19(32)4-5-21(22)27-26(23-7-10-42(39-23)30(33)34)24-13-20(16-41(24)28(38-27)29-36-9-11-45-29)40-46(43,44)25-6-3-18(15-37-25)17-2-1-8-35-14-17/h1-12,14-15,20,27,30,40H,13,16H2/t20-,27-/m0/s1. The van der Waals surface area contributed by atoms with Gasteiger partial charge in [0.05, 0.1) is 5.69 Å². The van der Waals surface area contributed by atoms with Crippen LogP contribution in [0.1, 0.15) is 35.3 Å². The zero-order chi connectivity index (χ0) is 32.0. The van der Waals surface area contributed by atoms with Crippen molar-refractivity contribution in [2.45, 2.75) is 30.1 Å². The summed E-state index contributed by atoms with van der Waals surface area (Å²) in [5.74, 6) is -0.114. The smallest absolute Gasteiger partial charge is 0.326 e. The highest BCUT2D eigenvalue weighted by Crippen LogP contribution is 2.46. The molecular formula is C30H22ClF3N8O2S2. The van der Waals surface area contributed by atoms with Gasteiger partial charge >= 0.3 is 6.55 Å². The number of pyridine rings is 2. The molecule has 4 aromatic heterocycles. The summed E-state index contributed by atoms with van der Waals surface area (Å²) in [6, 6.07) is 10.5. The maximum Gasteiger partial charge on any atom is 0.333 e. The summed E-state index contributed by atoms with van der Waals surface area (Å²) in [5, 5.41) is 6.36. The molecule has 2 atom stereocenters. The summed E-state index contributed by atoms with van der Waals surface area (Å²) in [7, 11) is -4.08. The molecule has 6 heterocycles. The third kappa shape index (κ3) is 5.70. The van der Waals surface area contributed by atoms with Crippen molar-refractivity contribution in [2.75, 3.05) is 6.54 Å². The second-order valence-electron chi connectivity index (χ2n) is 10.4. The Morgan fingerprint density at radius 2 is 1.89 bits per heavy atom. The van der Waals surface area contributed by atoms with Crippen LogP contribution in [0.4, 0.5) is 13.2 Å². The molecule has 46 heavy (non-hydrogen) atoms. The fraction of sp³-hybridized carbons (Fsp3) is 0.167. The fourth-order valence-electron chi connectivity index (χ4n) is 5.56. The average molecular weight is 683 g/mol. The molecule has 0 spiro atoms. The quantitative estimate of drug-likeness (QED) is 0.215. The van der Waals surface area contributed by atoms with Crippen molar-refractivity contribution in [2.24, 2.45) is 4.99 Å². The maximum absolute atomic E-state index is 14.1. The molecule has 2 aliphatic rings. The first kappa shape index (κ1) is 30.2. The van der Waals surface area contributed by atoms with Gasteiger partial charge in [-0.25, -0.2) is 32.2 Å². The van der Waals surface area contributed by atoms with Crippen LogP contribution in [-0.4, -0.2) is 56.5 Å². The average Bonchev–Trinajstić information content (AvgIpc) is 3.83. The number of benzene rings is 1. The first-order chi connectivity index (χ1) is 22.2. The molecule has 1 fully saturated rings. The molecule has 0 amide bonds. The lowest BCUT2D eigenvalue weighted by Crippen LogP contribution is -2.39. The number of fused-ring (bicyclic) bond motifs is 1. The Hall–Kier alpha value is -4.44. The minimum atomic E-state index is -4.08. The van der Waals surface area contributed by atoms with Gasteiger partial charge in [0.25, 0.3) is 10.0 Å². The van der Waals surface area contributed by atoms with Crippen LogP contribution in [0, 0.1) is 5.82 Å². The zero-order valence-electron chi connectivity index (χ0n) is 23.5. The van der Waals surface area contributed by atoms with Gasteiger partial charge in [-0.2, -0.15) is 13.9 Å². The van der Waals surface area contributed by atoms with Crippen molar-refractivity contribution in [3.8, 4) is 11.1 Å². The van der Waals surface area contributed by atoms with Crippen molar-refractivity contribution in [3.05, 3.63) is 118 Å². The molecule has 0 aliphatic carbocycles. The molecule has 0 radical (unpaired) electrons. The number of rotatable bonds is 8. The third-order valence-corrected chi connectivity index (χ3v) is 10.1. The first-order valence-electron chi connectivity index (χ1n) is 13.8. The highest BCUT2D eigenvalue weighted by atomic mass is 35.5. The van der Waals surface area contributed by atoms with E-state index in [1.165, 1.54) is 41.8 Å². The lowest BCUT2D eigenvalue weighted by molar-refractivity contribution is 0.0564. The summed E-state index contributed by atoms with van der Waals surface area (Å²) < 4.78 is 71.6. The van der Waals surface area contributed by atoms with Gasteiger partial charge in [0.2, 0.25) is 0 Å². The molecule has 16 heteroatoms. The van der Waals surface area contributed by atoms with Crippen molar-refractivity contribution in [1.29, 1.82) is 0 Å².